The van der Waals surface area contributed by atoms with Crippen molar-refractivity contribution in [2.45, 2.75) is 19.3 Å². The van der Waals surface area contributed by atoms with Crippen molar-refractivity contribution in [3.8, 4) is 5.75 Å². The summed E-state index contributed by atoms with van der Waals surface area (Å²) in [5.74, 6) is 0.312. The Bertz CT molecular complexity index is 918. The molecule has 0 unspecified atom stereocenters. The van der Waals surface area contributed by atoms with E-state index in [0.717, 1.165) is 37.9 Å². The fourth-order valence-electron chi connectivity index (χ4n) is 3.56. The minimum Gasteiger partial charge on any atom is -0.449 e. The molecule has 0 aromatic heterocycles. The van der Waals surface area contributed by atoms with Gasteiger partial charge in [0.2, 0.25) is 5.91 Å². The number of nitrogens with two attached hydrogens (primary N) is 1. The molecule has 2 aliphatic rings. The number of piperidine rings is 1. The van der Waals surface area contributed by atoms with Crippen LogP contribution in [-0.2, 0) is 9.59 Å². The number of amides is 2. The molecule has 1 fully saturated rings. The van der Waals surface area contributed by atoms with Crippen molar-refractivity contribution in [2.75, 3.05) is 30.3 Å². The molecule has 2 aliphatic heterocycles. The van der Waals surface area contributed by atoms with E-state index in [9.17, 15) is 9.59 Å². The average molecular weight is 377 g/mol. The lowest BCUT2D eigenvalue weighted by atomic mass is 10.1. The molecule has 6 nitrogen and oxygen atoms in total. The molecular weight excluding hydrogens is 354 g/mol. The highest BCUT2D eigenvalue weighted by atomic mass is 16.5. The van der Waals surface area contributed by atoms with E-state index in [-0.39, 0.29) is 24.1 Å². The number of carbonyl (C=O) groups excluding carboxylic acids is 2. The van der Waals surface area contributed by atoms with E-state index in [1.165, 1.54) is 4.90 Å². The predicted molar refractivity (Wildman–Crippen MR) is 109 cm³/mol. The zero-order chi connectivity index (χ0) is 19.5. The summed E-state index contributed by atoms with van der Waals surface area (Å²) in [6.45, 7) is 1.46. The Kier molecular flexibility index (Phi) is 5.02. The van der Waals surface area contributed by atoms with Gasteiger partial charge >= 0.3 is 0 Å². The van der Waals surface area contributed by atoms with E-state index in [4.69, 9.17) is 10.5 Å². The third-order valence-corrected chi connectivity index (χ3v) is 5.05. The van der Waals surface area contributed by atoms with Crippen LogP contribution in [-0.4, -0.2) is 36.3 Å². The molecule has 0 spiro atoms. The number of nitrogen functional groups attached to an aromatic ring is 1. The number of benzene rings is 2. The van der Waals surface area contributed by atoms with Gasteiger partial charge in [0.05, 0.1) is 5.69 Å². The maximum atomic E-state index is 13.1. The fraction of sp³-hybridized carbons (Fsp3) is 0.273. The summed E-state index contributed by atoms with van der Waals surface area (Å²) in [4.78, 5) is 29.3. The van der Waals surface area contributed by atoms with E-state index in [0.29, 0.717) is 17.1 Å². The lowest BCUT2D eigenvalue weighted by molar-refractivity contribution is -0.132. The van der Waals surface area contributed by atoms with Gasteiger partial charge < -0.3 is 15.4 Å². The number of hydrogen-bond donors (Lipinski definition) is 1. The second kappa shape index (κ2) is 7.76. The Morgan fingerprint density at radius 1 is 1.07 bits per heavy atom. The minimum absolute atomic E-state index is 0.0230. The maximum absolute atomic E-state index is 13.1. The van der Waals surface area contributed by atoms with Crippen molar-refractivity contribution >= 4 is 29.3 Å². The lowest BCUT2D eigenvalue weighted by Crippen LogP contribution is -2.47. The van der Waals surface area contributed by atoms with Gasteiger partial charge in [-0.2, -0.15) is 0 Å². The summed E-state index contributed by atoms with van der Waals surface area (Å²) in [7, 11) is 0. The SMILES string of the molecule is Nc1ccc2c(c1)N(CC(=O)N1CCCCC1)C(=O)/C(=C\c1ccccc1)O2. The highest BCUT2D eigenvalue weighted by Crippen LogP contribution is 2.37. The van der Waals surface area contributed by atoms with Crippen LogP contribution in [0.2, 0.25) is 0 Å². The highest BCUT2D eigenvalue weighted by molar-refractivity contribution is 6.12. The number of ether oxygens (including phenoxy) is 1. The third kappa shape index (κ3) is 3.71. The first kappa shape index (κ1) is 18.1. The topological polar surface area (TPSA) is 75.9 Å². The van der Waals surface area contributed by atoms with E-state index in [1.54, 1.807) is 24.3 Å². The van der Waals surface area contributed by atoms with Gasteiger partial charge in [-0.1, -0.05) is 30.3 Å². The summed E-state index contributed by atoms with van der Waals surface area (Å²) in [5, 5.41) is 0. The molecule has 0 radical (unpaired) electrons. The number of fused-ring (bicyclic) bond motifs is 1. The van der Waals surface area contributed by atoms with Gasteiger partial charge in [-0.25, -0.2) is 0 Å². The standard InChI is InChI=1S/C22H23N3O3/c23-17-9-10-19-18(14-17)25(15-21(26)24-11-5-2-6-12-24)22(27)20(28-19)13-16-7-3-1-4-8-16/h1,3-4,7-10,13-14H,2,5-6,11-12,15,23H2/b20-13+. The zero-order valence-electron chi connectivity index (χ0n) is 15.6. The first-order chi connectivity index (χ1) is 13.6. The monoisotopic (exact) mass is 377 g/mol. The Labute approximate surface area is 164 Å². The lowest BCUT2D eigenvalue weighted by Gasteiger charge is -2.33. The van der Waals surface area contributed by atoms with Gasteiger partial charge in [-0.05, 0) is 49.1 Å². The molecule has 0 aliphatic carbocycles. The molecule has 28 heavy (non-hydrogen) atoms. The molecule has 4 rings (SSSR count). The zero-order valence-corrected chi connectivity index (χ0v) is 15.6. The van der Waals surface area contributed by atoms with Crippen LogP contribution in [0.3, 0.4) is 0 Å². The Morgan fingerprint density at radius 3 is 2.57 bits per heavy atom. The number of hydrogen-bond acceptors (Lipinski definition) is 4. The van der Waals surface area contributed by atoms with Gasteiger partial charge in [0.1, 0.15) is 6.54 Å². The molecule has 2 aromatic carbocycles. The van der Waals surface area contributed by atoms with E-state index in [1.807, 2.05) is 35.2 Å². The number of nitrogens with zero attached hydrogens (tertiary/aromatic N) is 2. The van der Waals surface area contributed by atoms with E-state index >= 15 is 0 Å². The van der Waals surface area contributed by atoms with Crippen molar-refractivity contribution < 1.29 is 14.3 Å². The second-order valence-electron chi connectivity index (χ2n) is 7.08. The quantitative estimate of drug-likeness (QED) is 0.659. The highest BCUT2D eigenvalue weighted by Gasteiger charge is 2.33. The summed E-state index contributed by atoms with van der Waals surface area (Å²) in [6.07, 6.45) is 4.85. The van der Waals surface area contributed by atoms with Crippen LogP contribution in [0.1, 0.15) is 24.8 Å². The van der Waals surface area contributed by atoms with Crippen molar-refractivity contribution in [1.29, 1.82) is 0 Å². The van der Waals surface area contributed by atoms with Crippen LogP contribution in [0.25, 0.3) is 6.08 Å². The normalized spacial score (nSPS) is 18.0. The molecule has 144 valence electrons. The minimum atomic E-state index is -0.340. The van der Waals surface area contributed by atoms with Crippen molar-refractivity contribution in [3.63, 3.8) is 0 Å². The Morgan fingerprint density at radius 2 is 1.82 bits per heavy atom. The molecule has 1 saturated heterocycles. The van der Waals surface area contributed by atoms with Gasteiger partial charge in [0.25, 0.3) is 5.91 Å². The largest absolute Gasteiger partial charge is 0.449 e. The number of likely N-dealkylation sites (tertiary alicyclic amines) is 1. The number of rotatable bonds is 3. The van der Waals surface area contributed by atoms with Crippen LogP contribution < -0.4 is 15.4 Å². The molecule has 2 amide bonds. The summed E-state index contributed by atoms with van der Waals surface area (Å²) < 4.78 is 5.85. The van der Waals surface area contributed by atoms with Gasteiger partial charge in [0, 0.05) is 18.8 Å². The summed E-state index contributed by atoms with van der Waals surface area (Å²) in [6, 6.07) is 14.6. The summed E-state index contributed by atoms with van der Waals surface area (Å²) in [5.41, 5.74) is 7.81. The molecular formula is C22H23N3O3. The average Bonchev–Trinajstić information content (AvgIpc) is 2.73. The second-order valence-corrected chi connectivity index (χ2v) is 7.08. The number of anilines is 2. The molecule has 2 heterocycles. The van der Waals surface area contributed by atoms with Crippen LogP contribution in [0, 0.1) is 0 Å². The Balaban J connectivity index is 1.66. The van der Waals surface area contributed by atoms with E-state index in [2.05, 4.69) is 0 Å². The van der Waals surface area contributed by atoms with Crippen molar-refractivity contribution in [2.24, 2.45) is 0 Å². The molecule has 2 N–H and O–H groups in total. The molecule has 0 atom stereocenters. The van der Waals surface area contributed by atoms with Crippen molar-refractivity contribution in [3.05, 3.63) is 59.9 Å². The molecule has 2 aromatic rings. The third-order valence-electron chi connectivity index (χ3n) is 5.05. The summed E-state index contributed by atoms with van der Waals surface area (Å²) >= 11 is 0. The van der Waals surface area contributed by atoms with E-state index < -0.39 is 0 Å². The Hall–Kier alpha value is -3.28. The first-order valence-electron chi connectivity index (χ1n) is 9.55. The smallest absolute Gasteiger partial charge is 0.294 e. The van der Waals surface area contributed by atoms with Crippen LogP contribution in [0.4, 0.5) is 11.4 Å². The first-order valence-corrected chi connectivity index (χ1v) is 9.55. The van der Waals surface area contributed by atoms with Crippen LogP contribution in [0.5, 0.6) is 5.75 Å². The number of carbonyl (C=O) groups is 2. The predicted octanol–water partition coefficient (Wildman–Crippen LogP) is 3.05. The molecule has 0 bridgehead atoms. The molecule has 6 heteroatoms. The van der Waals surface area contributed by atoms with Crippen LogP contribution >= 0.6 is 0 Å². The van der Waals surface area contributed by atoms with Gasteiger partial charge in [-0.3, -0.25) is 14.5 Å². The molecule has 0 saturated carbocycles. The fourth-order valence-corrected chi connectivity index (χ4v) is 3.56. The maximum Gasteiger partial charge on any atom is 0.294 e. The van der Waals surface area contributed by atoms with Crippen molar-refractivity contribution in [1.82, 2.24) is 4.90 Å². The van der Waals surface area contributed by atoms with Gasteiger partial charge in [0.15, 0.2) is 11.5 Å². The van der Waals surface area contributed by atoms with Crippen LogP contribution in [0.15, 0.2) is 54.3 Å². The van der Waals surface area contributed by atoms with Gasteiger partial charge in [-0.15, -0.1) is 0 Å².